The molecule has 0 bridgehead atoms. The van der Waals surface area contributed by atoms with Crippen LogP contribution in [0.2, 0.25) is 0 Å². The first kappa shape index (κ1) is 13.7. The van der Waals surface area contributed by atoms with E-state index in [0.717, 1.165) is 12.6 Å². The summed E-state index contributed by atoms with van der Waals surface area (Å²) in [5, 5.41) is 0. The molecule has 1 aliphatic heterocycles. The average molecular weight is 257 g/mol. The van der Waals surface area contributed by atoms with Gasteiger partial charge in [-0.25, -0.2) is 0 Å². The molecule has 100 valence electrons. The zero-order valence-corrected chi connectivity index (χ0v) is 11.9. The van der Waals surface area contributed by atoms with Crippen LogP contribution in [0.25, 0.3) is 0 Å². The summed E-state index contributed by atoms with van der Waals surface area (Å²) in [5.74, 6) is 2.49. The molecule has 1 atom stereocenters. The number of nitrogens with zero attached hydrogens (tertiary/aromatic N) is 2. The van der Waals surface area contributed by atoms with E-state index in [1.807, 2.05) is 11.8 Å². The number of hydrogen-bond acceptors (Lipinski definition) is 4. The Bertz CT molecular complexity index is 213. The minimum atomic E-state index is 0.621. The van der Waals surface area contributed by atoms with Crippen LogP contribution in [0.15, 0.2) is 0 Å². The van der Waals surface area contributed by atoms with Gasteiger partial charge in [0.2, 0.25) is 0 Å². The quantitative estimate of drug-likeness (QED) is 0.696. The van der Waals surface area contributed by atoms with Gasteiger partial charge in [0.25, 0.3) is 0 Å². The van der Waals surface area contributed by atoms with E-state index < -0.39 is 0 Å². The van der Waals surface area contributed by atoms with Crippen LogP contribution in [0.5, 0.6) is 0 Å². The van der Waals surface area contributed by atoms with Crippen LogP contribution in [0.1, 0.15) is 26.2 Å². The first-order chi connectivity index (χ1) is 8.35. The van der Waals surface area contributed by atoms with Crippen LogP contribution in [0.4, 0.5) is 0 Å². The second-order valence-electron chi connectivity index (χ2n) is 5.18. The van der Waals surface area contributed by atoms with Crippen molar-refractivity contribution in [1.82, 2.24) is 9.80 Å². The number of hydrogen-bond donors (Lipinski definition) is 1. The molecule has 17 heavy (non-hydrogen) atoms. The van der Waals surface area contributed by atoms with Crippen molar-refractivity contribution in [1.29, 1.82) is 0 Å². The van der Waals surface area contributed by atoms with Crippen molar-refractivity contribution in [2.45, 2.75) is 38.3 Å². The van der Waals surface area contributed by atoms with E-state index >= 15 is 0 Å². The molecular weight excluding hydrogens is 230 g/mol. The van der Waals surface area contributed by atoms with Gasteiger partial charge < -0.3 is 5.73 Å². The van der Waals surface area contributed by atoms with Crippen molar-refractivity contribution < 1.29 is 0 Å². The average Bonchev–Trinajstić information content (AvgIpc) is 3.19. The molecule has 2 rings (SSSR count). The van der Waals surface area contributed by atoms with Gasteiger partial charge in [-0.3, -0.25) is 9.80 Å². The van der Waals surface area contributed by atoms with Crippen molar-refractivity contribution >= 4 is 11.8 Å². The fraction of sp³-hybridized carbons (Fsp3) is 1.00. The topological polar surface area (TPSA) is 32.5 Å². The molecule has 2 N–H and O–H groups in total. The summed E-state index contributed by atoms with van der Waals surface area (Å²) in [5.41, 5.74) is 5.93. The standard InChI is InChI=1S/C13H27N3S/c1-2-17-10-5-13(11-14)16-8-6-15(7-9-16)12-3-4-12/h12-13H,2-11,14H2,1H3. The Hall–Kier alpha value is 0.230. The first-order valence-corrected chi connectivity index (χ1v) is 8.26. The summed E-state index contributed by atoms with van der Waals surface area (Å²) >= 11 is 2.04. The summed E-state index contributed by atoms with van der Waals surface area (Å²) in [6.07, 6.45) is 4.14. The number of piperazine rings is 1. The van der Waals surface area contributed by atoms with Crippen LogP contribution in [0, 0.1) is 0 Å². The molecule has 0 aromatic rings. The van der Waals surface area contributed by atoms with E-state index in [1.165, 1.54) is 56.9 Å². The molecule has 3 nitrogen and oxygen atoms in total. The Morgan fingerprint density at radius 3 is 2.47 bits per heavy atom. The fourth-order valence-electron chi connectivity index (χ4n) is 2.72. The Labute approximate surface area is 110 Å². The zero-order valence-electron chi connectivity index (χ0n) is 11.1. The second-order valence-corrected chi connectivity index (χ2v) is 6.57. The maximum Gasteiger partial charge on any atom is 0.0227 e. The van der Waals surface area contributed by atoms with E-state index in [1.54, 1.807) is 0 Å². The molecule has 0 radical (unpaired) electrons. The third-order valence-electron chi connectivity index (χ3n) is 4.00. The van der Waals surface area contributed by atoms with Gasteiger partial charge in [-0.15, -0.1) is 0 Å². The van der Waals surface area contributed by atoms with Crippen molar-refractivity contribution in [3.63, 3.8) is 0 Å². The molecule has 1 saturated carbocycles. The predicted molar refractivity (Wildman–Crippen MR) is 76.6 cm³/mol. The second kappa shape index (κ2) is 6.98. The Morgan fingerprint density at radius 2 is 1.94 bits per heavy atom. The first-order valence-electron chi connectivity index (χ1n) is 7.11. The van der Waals surface area contributed by atoms with E-state index in [0.29, 0.717) is 6.04 Å². The predicted octanol–water partition coefficient (Wildman–Crippen LogP) is 1.24. The van der Waals surface area contributed by atoms with Crippen molar-refractivity contribution in [3.8, 4) is 0 Å². The molecule has 0 aromatic carbocycles. The summed E-state index contributed by atoms with van der Waals surface area (Å²) < 4.78 is 0. The summed E-state index contributed by atoms with van der Waals surface area (Å²) in [6.45, 7) is 8.05. The minimum Gasteiger partial charge on any atom is -0.329 e. The highest BCUT2D eigenvalue weighted by molar-refractivity contribution is 7.99. The highest BCUT2D eigenvalue weighted by Crippen LogP contribution is 2.27. The number of rotatable bonds is 7. The Kier molecular flexibility index (Phi) is 5.60. The third-order valence-corrected chi connectivity index (χ3v) is 4.93. The third kappa shape index (κ3) is 4.12. The number of thioether (sulfide) groups is 1. The van der Waals surface area contributed by atoms with Crippen molar-refractivity contribution in [2.24, 2.45) is 5.73 Å². The highest BCUT2D eigenvalue weighted by atomic mass is 32.2. The summed E-state index contributed by atoms with van der Waals surface area (Å²) in [6, 6.07) is 1.56. The largest absolute Gasteiger partial charge is 0.329 e. The van der Waals surface area contributed by atoms with Crippen LogP contribution < -0.4 is 5.73 Å². The molecule has 4 heteroatoms. The van der Waals surface area contributed by atoms with Crippen LogP contribution in [0.3, 0.4) is 0 Å². The lowest BCUT2D eigenvalue weighted by atomic mass is 10.1. The lowest BCUT2D eigenvalue weighted by molar-refractivity contribution is 0.0927. The summed E-state index contributed by atoms with van der Waals surface area (Å²) in [7, 11) is 0. The van der Waals surface area contributed by atoms with Crippen LogP contribution >= 0.6 is 11.8 Å². The van der Waals surface area contributed by atoms with Gasteiger partial charge in [0.1, 0.15) is 0 Å². The van der Waals surface area contributed by atoms with Gasteiger partial charge in [-0.05, 0) is 30.8 Å². The molecule has 0 aromatic heterocycles. The lowest BCUT2D eigenvalue weighted by Gasteiger charge is -2.39. The normalized spacial score (nSPS) is 25.1. The highest BCUT2D eigenvalue weighted by Gasteiger charge is 2.32. The molecule has 1 saturated heterocycles. The molecule has 1 unspecified atom stereocenters. The zero-order chi connectivity index (χ0) is 12.1. The van der Waals surface area contributed by atoms with Gasteiger partial charge in [-0.2, -0.15) is 11.8 Å². The maximum absolute atomic E-state index is 5.93. The maximum atomic E-state index is 5.93. The van der Waals surface area contributed by atoms with Gasteiger partial charge in [0, 0.05) is 44.8 Å². The van der Waals surface area contributed by atoms with Crippen LogP contribution in [-0.2, 0) is 0 Å². The van der Waals surface area contributed by atoms with E-state index in [4.69, 9.17) is 5.73 Å². The molecule has 2 fully saturated rings. The number of nitrogens with two attached hydrogens (primary N) is 1. The van der Waals surface area contributed by atoms with Gasteiger partial charge in [0.15, 0.2) is 0 Å². The lowest BCUT2D eigenvalue weighted by Crippen LogP contribution is -2.52. The fourth-order valence-corrected chi connectivity index (χ4v) is 3.45. The smallest absolute Gasteiger partial charge is 0.0227 e. The van der Waals surface area contributed by atoms with Gasteiger partial charge >= 0.3 is 0 Å². The minimum absolute atomic E-state index is 0.621. The molecule has 1 heterocycles. The molecule has 1 aliphatic carbocycles. The van der Waals surface area contributed by atoms with Crippen molar-refractivity contribution in [3.05, 3.63) is 0 Å². The van der Waals surface area contributed by atoms with Crippen LogP contribution in [-0.4, -0.2) is 66.1 Å². The SMILES string of the molecule is CCSCCC(CN)N1CCN(C2CC2)CC1. The Balaban J connectivity index is 1.68. The van der Waals surface area contributed by atoms with E-state index in [-0.39, 0.29) is 0 Å². The van der Waals surface area contributed by atoms with Crippen molar-refractivity contribution in [2.75, 3.05) is 44.2 Å². The molecule has 0 spiro atoms. The van der Waals surface area contributed by atoms with E-state index in [9.17, 15) is 0 Å². The molecular formula is C13H27N3S. The Morgan fingerprint density at radius 1 is 1.24 bits per heavy atom. The summed E-state index contributed by atoms with van der Waals surface area (Å²) in [4.78, 5) is 5.29. The van der Waals surface area contributed by atoms with E-state index in [2.05, 4.69) is 16.7 Å². The van der Waals surface area contributed by atoms with Gasteiger partial charge in [0.05, 0.1) is 0 Å². The van der Waals surface area contributed by atoms with Gasteiger partial charge in [-0.1, -0.05) is 6.92 Å². The molecule has 2 aliphatic rings. The monoisotopic (exact) mass is 257 g/mol. The molecule has 0 amide bonds.